The van der Waals surface area contributed by atoms with Gasteiger partial charge in [0.1, 0.15) is 0 Å². The van der Waals surface area contributed by atoms with E-state index in [0.29, 0.717) is 26.2 Å². The molecular formula is C16H20BrNO4. The van der Waals surface area contributed by atoms with Gasteiger partial charge in [0.15, 0.2) is 11.5 Å². The molecule has 2 aliphatic rings. The molecule has 2 atom stereocenters. The molecule has 6 heteroatoms. The van der Waals surface area contributed by atoms with Gasteiger partial charge in [-0.2, -0.15) is 0 Å². The van der Waals surface area contributed by atoms with Crippen LogP contribution in [0, 0.1) is 5.92 Å². The van der Waals surface area contributed by atoms with Gasteiger partial charge in [-0.15, -0.1) is 0 Å². The maximum absolute atomic E-state index is 11.2. The Morgan fingerprint density at radius 1 is 1.41 bits per heavy atom. The molecule has 0 amide bonds. The number of fused-ring (bicyclic) bond motifs is 1. The van der Waals surface area contributed by atoms with Crippen molar-refractivity contribution >= 4 is 21.9 Å². The second-order valence-electron chi connectivity index (χ2n) is 5.72. The normalized spacial score (nSPS) is 24.1. The molecule has 0 bridgehead atoms. The van der Waals surface area contributed by atoms with E-state index in [1.807, 2.05) is 6.07 Å². The fraction of sp³-hybridized carbons (Fsp3) is 0.562. The van der Waals surface area contributed by atoms with Gasteiger partial charge in [-0.3, -0.25) is 4.79 Å². The summed E-state index contributed by atoms with van der Waals surface area (Å²) in [6, 6.07) is 2.10. The van der Waals surface area contributed by atoms with E-state index in [4.69, 9.17) is 9.47 Å². The van der Waals surface area contributed by atoms with Crippen LogP contribution >= 0.6 is 15.9 Å². The fourth-order valence-corrected chi connectivity index (χ4v) is 3.74. The van der Waals surface area contributed by atoms with Crippen molar-refractivity contribution in [3.8, 4) is 11.5 Å². The Labute approximate surface area is 138 Å². The Balaban J connectivity index is 2.00. The molecule has 1 aromatic rings. The first-order chi connectivity index (χ1) is 10.6. The Hall–Kier alpha value is -1.27. The summed E-state index contributed by atoms with van der Waals surface area (Å²) in [5.41, 5.74) is 2.23. The summed E-state index contributed by atoms with van der Waals surface area (Å²) in [7, 11) is 0. The van der Waals surface area contributed by atoms with Crippen molar-refractivity contribution in [1.29, 1.82) is 0 Å². The van der Waals surface area contributed by atoms with Gasteiger partial charge in [0.25, 0.3) is 0 Å². The maximum Gasteiger partial charge on any atom is 0.307 e. The van der Waals surface area contributed by atoms with Crippen molar-refractivity contribution in [3.05, 3.63) is 21.7 Å². The molecule has 0 aromatic heterocycles. The number of nitrogens with one attached hydrogen (secondary N) is 1. The smallest absolute Gasteiger partial charge is 0.307 e. The zero-order valence-electron chi connectivity index (χ0n) is 12.5. The molecule has 2 aliphatic heterocycles. The third-order valence-electron chi connectivity index (χ3n) is 4.32. The number of hydrogen-bond donors (Lipinski definition) is 2. The quantitative estimate of drug-likeness (QED) is 0.857. The van der Waals surface area contributed by atoms with Gasteiger partial charge >= 0.3 is 5.97 Å². The van der Waals surface area contributed by atoms with E-state index in [1.165, 1.54) is 0 Å². The van der Waals surface area contributed by atoms with Crippen molar-refractivity contribution in [2.24, 2.45) is 5.92 Å². The number of rotatable bonds is 3. The minimum Gasteiger partial charge on any atom is -0.489 e. The monoisotopic (exact) mass is 369 g/mol. The van der Waals surface area contributed by atoms with E-state index < -0.39 is 5.97 Å². The Bertz CT molecular complexity index is 590. The maximum atomic E-state index is 11.2. The van der Waals surface area contributed by atoms with Crippen molar-refractivity contribution in [3.63, 3.8) is 0 Å². The molecule has 1 aromatic carbocycles. The lowest BCUT2D eigenvalue weighted by atomic mass is 9.94. The third kappa shape index (κ3) is 2.82. The van der Waals surface area contributed by atoms with Crippen LogP contribution in [0.15, 0.2) is 10.5 Å². The van der Waals surface area contributed by atoms with Crippen LogP contribution in [0.1, 0.15) is 36.9 Å². The van der Waals surface area contributed by atoms with Crippen LogP contribution in [0.4, 0.5) is 0 Å². The second kappa shape index (κ2) is 6.46. The average Bonchev–Trinajstić information content (AvgIpc) is 2.86. The fourth-order valence-electron chi connectivity index (χ4n) is 3.20. The predicted molar refractivity (Wildman–Crippen MR) is 85.6 cm³/mol. The summed E-state index contributed by atoms with van der Waals surface area (Å²) < 4.78 is 12.6. The number of carbonyl (C=O) groups is 1. The summed E-state index contributed by atoms with van der Waals surface area (Å²) in [4.78, 5) is 11.2. The first-order valence-electron chi connectivity index (χ1n) is 7.68. The van der Waals surface area contributed by atoms with Crippen LogP contribution in [0.25, 0.3) is 0 Å². The summed E-state index contributed by atoms with van der Waals surface area (Å²) in [5, 5.41) is 12.5. The van der Waals surface area contributed by atoms with Crippen molar-refractivity contribution in [2.45, 2.75) is 32.2 Å². The Morgan fingerprint density at radius 2 is 2.14 bits per heavy atom. The second-order valence-corrected chi connectivity index (χ2v) is 6.57. The third-order valence-corrected chi connectivity index (χ3v) is 4.91. The van der Waals surface area contributed by atoms with Crippen LogP contribution in [-0.2, 0) is 11.2 Å². The lowest BCUT2D eigenvalue weighted by Crippen LogP contribution is -2.18. The number of carboxylic acids is 1. The minimum absolute atomic E-state index is 0.0458. The van der Waals surface area contributed by atoms with Crippen LogP contribution < -0.4 is 14.8 Å². The lowest BCUT2D eigenvalue weighted by Gasteiger charge is -2.21. The number of hydrogen-bond acceptors (Lipinski definition) is 4. The van der Waals surface area contributed by atoms with E-state index in [-0.39, 0.29) is 12.0 Å². The number of halogens is 1. The number of ether oxygens (including phenoxy) is 2. The molecule has 1 saturated heterocycles. The zero-order chi connectivity index (χ0) is 15.7. The SMILES string of the molecule is CCc1c(C2CC(C(=O)O)CN2)cc(Br)c2c1OCCCO2. The topological polar surface area (TPSA) is 67.8 Å². The van der Waals surface area contributed by atoms with Crippen LogP contribution in [-0.4, -0.2) is 30.8 Å². The summed E-state index contributed by atoms with van der Waals surface area (Å²) in [6.45, 7) is 3.89. The van der Waals surface area contributed by atoms with Gasteiger partial charge in [-0.05, 0) is 40.4 Å². The summed E-state index contributed by atoms with van der Waals surface area (Å²) in [6.07, 6.45) is 2.29. The lowest BCUT2D eigenvalue weighted by molar-refractivity contribution is -0.141. The molecule has 22 heavy (non-hydrogen) atoms. The minimum atomic E-state index is -0.735. The van der Waals surface area contributed by atoms with Gasteiger partial charge in [-0.25, -0.2) is 0 Å². The number of benzene rings is 1. The molecule has 120 valence electrons. The van der Waals surface area contributed by atoms with Crippen molar-refractivity contribution in [1.82, 2.24) is 5.32 Å². The summed E-state index contributed by atoms with van der Waals surface area (Å²) in [5.74, 6) is 0.516. The van der Waals surface area contributed by atoms with Gasteiger partial charge in [0, 0.05) is 24.6 Å². The van der Waals surface area contributed by atoms with Crippen LogP contribution in [0.5, 0.6) is 11.5 Å². The standard InChI is InChI=1S/C16H20BrNO4/c1-2-10-11(13-6-9(8-18-13)16(19)20)7-12(17)15-14(10)21-4-3-5-22-15/h7,9,13,18H,2-6,8H2,1H3,(H,19,20). The molecule has 1 fully saturated rings. The zero-order valence-corrected chi connectivity index (χ0v) is 14.1. The highest BCUT2D eigenvalue weighted by Crippen LogP contribution is 2.45. The molecule has 3 rings (SSSR count). The molecule has 0 spiro atoms. The number of carboxylic acid groups (broad SMARTS) is 1. The average molecular weight is 370 g/mol. The first-order valence-corrected chi connectivity index (χ1v) is 8.48. The molecule has 5 nitrogen and oxygen atoms in total. The van der Waals surface area contributed by atoms with Gasteiger partial charge in [0.05, 0.1) is 23.6 Å². The van der Waals surface area contributed by atoms with E-state index in [0.717, 1.165) is 39.9 Å². The van der Waals surface area contributed by atoms with Crippen molar-refractivity contribution < 1.29 is 19.4 Å². The van der Waals surface area contributed by atoms with E-state index in [2.05, 4.69) is 28.2 Å². The molecule has 0 radical (unpaired) electrons. The largest absolute Gasteiger partial charge is 0.489 e. The van der Waals surface area contributed by atoms with Gasteiger partial charge in [0.2, 0.25) is 0 Å². The van der Waals surface area contributed by atoms with Gasteiger partial charge in [-0.1, -0.05) is 6.92 Å². The van der Waals surface area contributed by atoms with E-state index in [1.54, 1.807) is 0 Å². The van der Waals surface area contributed by atoms with Crippen molar-refractivity contribution in [2.75, 3.05) is 19.8 Å². The van der Waals surface area contributed by atoms with Crippen LogP contribution in [0.2, 0.25) is 0 Å². The molecule has 0 aliphatic carbocycles. The Morgan fingerprint density at radius 3 is 2.77 bits per heavy atom. The first kappa shape index (κ1) is 15.6. The molecule has 2 unspecified atom stereocenters. The molecule has 2 heterocycles. The molecule has 0 saturated carbocycles. The van der Waals surface area contributed by atoms with E-state index in [9.17, 15) is 9.90 Å². The highest BCUT2D eigenvalue weighted by Gasteiger charge is 2.33. The predicted octanol–water partition coefficient (Wildman–Crippen LogP) is 2.91. The summed E-state index contributed by atoms with van der Waals surface area (Å²) >= 11 is 3.57. The highest BCUT2D eigenvalue weighted by atomic mass is 79.9. The molecule has 2 N–H and O–H groups in total. The highest BCUT2D eigenvalue weighted by molar-refractivity contribution is 9.10. The Kier molecular flexibility index (Phi) is 4.59. The number of aliphatic carboxylic acids is 1. The molecular weight excluding hydrogens is 350 g/mol. The van der Waals surface area contributed by atoms with Crippen LogP contribution in [0.3, 0.4) is 0 Å². The van der Waals surface area contributed by atoms with Gasteiger partial charge < -0.3 is 19.9 Å². The van der Waals surface area contributed by atoms with E-state index >= 15 is 0 Å².